The molecule has 0 bridgehead atoms. The second kappa shape index (κ2) is 5.90. The summed E-state index contributed by atoms with van der Waals surface area (Å²) >= 11 is 0. The number of hydrogen-bond acceptors (Lipinski definition) is 4. The van der Waals surface area contributed by atoms with Gasteiger partial charge < -0.3 is 14.5 Å². The Morgan fingerprint density at radius 2 is 1.85 bits per heavy atom. The Morgan fingerprint density at radius 3 is 2.45 bits per heavy atom. The number of carbonyl (C=O) groups excluding carboxylic acids is 1. The summed E-state index contributed by atoms with van der Waals surface area (Å²) in [4.78, 5) is 18.9. The Labute approximate surface area is 122 Å². The summed E-state index contributed by atoms with van der Waals surface area (Å²) in [5.74, 6) is 0. The Hall–Kier alpha value is -0.810. The number of likely N-dealkylation sites (N-methyl/N-ethyl adjacent to an activating group) is 1. The van der Waals surface area contributed by atoms with Gasteiger partial charge in [0.1, 0.15) is 5.60 Å². The molecule has 2 atom stereocenters. The van der Waals surface area contributed by atoms with E-state index < -0.39 is 5.60 Å². The number of carbonyl (C=O) groups is 1. The van der Waals surface area contributed by atoms with Gasteiger partial charge in [-0.25, -0.2) is 4.79 Å². The first-order valence-corrected chi connectivity index (χ1v) is 7.68. The molecular formula is C15H29N3O2. The van der Waals surface area contributed by atoms with E-state index in [2.05, 4.69) is 23.8 Å². The third kappa shape index (κ3) is 3.85. The molecule has 2 fully saturated rings. The van der Waals surface area contributed by atoms with Crippen LogP contribution in [0.25, 0.3) is 0 Å². The van der Waals surface area contributed by atoms with Gasteiger partial charge in [0.25, 0.3) is 0 Å². The molecule has 5 heteroatoms. The van der Waals surface area contributed by atoms with Crippen LogP contribution in [0, 0.1) is 0 Å². The van der Waals surface area contributed by atoms with E-state index in [-0.39, 0.29) is 6.09 Å². The number of hydrogen-bond donors (Lipinski definition) is 0. The normalized spacial score (nSPS) is 29.8. The second-order valence-electron chi connectivity index (χ2n) is 7.19. The summed E-state index contributed by atoms with van der Waals surface area (Å²) in [6, 6.07) is 1.10. The molecule has 0 aromatic carbocycles. The Morgan fingerprint density at radius 1 is 1.15 bits per heavy atom. The van der Waals surface area contributed by atoms with Gasteiger partial charge in [-0.3, -0.25) is 4.90 Å². The van der Waals surface area contributed by atoms with Gasteiger partial charge in [0, 0.05) is 44.8 Å². The van der Waals surface area contributed by atoms with Gasteiger partial charge in [-0.1, -0.05) is 0 Å². The Kier molecular flexibility index (Phi) is 4.59. The lowest BCUT2D eigenvalue weighted by Gasteiger charge is -2.40. The molecule has 0 radical (unpaired) electrons. The highest BCUT2D eigenvalue weighted by Gasteiger charge is 2.34. The lowest BCUT2D eigenvalue weighted by atomic mass is 10.1. The van der Waals surface area contributed by atoms with Crippen LogP contribution in [-0.2, 0) is 4.74 Å². The molecule has 0 spiro atoms. The number of piperazine rings is 1. The quantitative estimate of drug-likeness (QED) is 0.733. The van der Waals surface area contributed by atoms with Crippen molar-refractivity contribution < 1.29 is 9.53 Å². The first-order chi connectivity index (χ1) is 9.26. The Balaban J connectivity index is 1.85. The zero-order chi connectivity index (χ0) is 14.9. The largest absolute Gasteiger partial charge is 0.444 e. The maximum absolute atomic E-state index is 12.1. The molecule has 2 saturated heterocycles. The fourth-order valence-corrected chi connectivity index (χ4v) is 2.94. The summed E-state index contributed by atoms with van der Waals surface area (Å²) < 4.78 is 5.46. The van der Waals surface area contributed by atoms with Crippen molar-refractivity contribution in [1.29, 1.82) is 0 Å². The van der Waals surface area contributed by atoms with Crippen LogP contribution < -0.4 is 0 Å². The molecule has 20 heavy (non-hydrogen) atoms. The highest BCUT2D eigenvalue weighted by atomic mass is 16.6. The first kappa shape index (κ1) is 15.6. The van der Waals surface area contributed by atoms with Crippen LogP contribution >= 0.6 is 0 Å². The molecule has 0 saturated carbocycles. The zero-order valence-electron chi connectivity index (χ0n) is 13.6. The molecule has 116 valence electrons. The fourth-order valence-electron chi connectivity index (χ4n) is 2.94. The minimum absolute atomic E-state index is 0.165. The summed E-state index contributed by atoms with van der Waals surface area (Å²) in [6.07, 6.45) is 0.901. The minimum atomic E-state index is -0.405. The van der Waals surface area contributed by atoms with E-state index in [9.17, 15) is 4.79 Å². The van der Waals surface area contributed by atoms with Gasteiger partial charge in [-0.05, 0) is 41.2 Å². The molecule has 2 aliphatic heterocycles. The zero-order valence-corrected chi connectivity index (χ0v) is 13.6. The van der Waals surface area contributed by atoms with E-state index in [1.807, 2.05) is 25.7 Å². The van der Waals surface area contributed by atoms with Crippen molar-refractivity contribution in [3.63, 3.8) is 0 Å². The minimum Gasteiger partial charge on any atom is -0.444 e. The molecule has 2 rings (SSSR count). The number of rotatable bonds is 1. The third-order valence-electron chi connectivity index (χ3n) is 4.32. The molecule has 2 heterocycles. The van der Waals surface area contributed by atoms with Crippen molar-refractivity contribution in [1.82, 2.24) is 14.7 Å². The van der Waals surface area contributed by atoms with Crippen molar-refractivity contribution >= 4 is 6.09 Å². The number of nitrogens with zero attached hydrogens (tertiary/aromatic N) is 3. The first-order valence-electron chi connectivity index (χ1n) is 7.68. The summed E-state index contributed by atoms with van der Waals surface area (Å²) in [5, 5.41) is 0. The van der Waals surface area contributed by atoms with E-state index >= 15 is 0 Å². The van der Waals surface area contributed by atoms with Gasteiger partial charge in [-0.15, -0.1) is 0 Å². The highest BCUT2D eigenvalue weighted by Crippen LogP contribution is 2.21. The maximum Gasteiger partial charge on any atom is 0.410 e. The monoisotopic (exact) mass is 283 g/mol. The van der Waals surface area contributed by atoms with E-state index in [4.69, 9.17) is 4.74 Å². The lowest BCUT2D eigenvalue weighted by Crippen LogP contribution is -2.54. The van der Waals surface area contributed by atoms with Crippen LogP contribution in [0.1, 0.15) is 34.1 Å². The lowest BCUT2D eigenvalue weighted by molar-refractivity contribution is 0.0261. The molecule has 1 amide bonds. The topological polar surface area (TPSA) is 36.0 Å². The molecule has 0 aliphatic carbocycles. The molecule has 2 aliphatic rings. The van der Waals surface area contributed by atoms with E-state index in [1.165, 1.54) is 0 Å². The van der Waals surface area contributed by atoms with Crippen molar-refractivity contribution in [2.45, 2.75) is 51.8 Å². The fraction of sp³-hybridized carbons (Fsp3) is 0.933. The average molecular weight is 283 g/mol. The van der Waals surface area contributed by atoms with Crippen LogP contribution in [0.4, 0.5) is 4.79 Å². The van der Waals surface area contributed by atoms with Crippen LogP contribution in [0.3, 0.4) is 0 Å². The van der Waals surface area contributed by atoms with Crippen molar-refractivity contribution in [2.75, 3.05) is 39.8 Å². The van der Waals surface area contributed by atoms with Crippen LogP contribution in [0.2, 0.25) is 0 Å². The van der Waals surface area contributed by atoms with Gasteiger partial charge in [0.15, 0.2) is 0 Å². The molecule has 0 unspecified atom stereocenters. The molecule has 0 aromatic heterocycles. The summed E-state index contributed by atoms with van der Waals surface area (Å²) in [7, 11) is 2.18. The van der Waals surface area contributed by atoms with Gasteiger partial charge in [-0.2, -0.15) is 0 Å². The average Bonchev–Trinajstić information content (AvgIpc) is 2.80. The SMILES string of the molecule is C[C@H]1CN([C@@H]2CCN(C(=O)OC(C)(C)C)C2)CCN1C. The Bertz CT molecular complexity index is 354. The van der Waals surface area contributed by atoms with Crippen molar-refractivity contribution in [3.8, 4) is 0 Å². The second-order valence-corrected chi connectivity index (χ2v) is 7.19. The predicted molar refractivity (Wildman–Crippen MR) is 79.9 cm³/mol. The standard InChI is InChI=1S/C15H29N3O2/c1-12-10-17(9-8-16(12)5)13-6-7-18(11-13)14(19)20-15(2,3)4/h12-13H,6-11H2,1-5H3/t12-,13+/m0/s1. The molecule has 5 nitrogen and oxygen atoms in total. The van der Waals surface area contributed by atoms with Crippen molar-refractivity contribution in [2.24, 2.45) is 0 Å². The summed E-state index contributed by atoms with van der Waals surface area (Å²) in [6.45, 7) is 13.0. The van der Waals surface area contributed by atoms with Crippen LogP contribution in [0.15, 0.2) is 0 Å². The van der Waals surface area contributed by atoms with Crippen molar-refractivity contribution in [3.05, 3.63) is 0 Å². The van der Waals surface area contributed by atoms with E-state index in [0.717, 1.165) is 39.1 Å². The van der Waals surface area contributed by atoms with Gasteiger partial charge in [0.2, 0.25) is 0 Å². The number of likely N-dealkylation sites (tertiary alicyclic amines) is 1. The van der Waals surface area contributed by atoms with Gasteiger partial charge in [0.05, 0.1) is 0 Å². The number of amides is 1. The molecule has 0 N–H and O–H groups in total. The van der Waals surface area contributed by atoms with Crippen LogP contribution in [0.5, 0.6) is 0 Å². The third-order valence-corrected chi connectivity index (χ3v) is 4.32. The smallest absolute Gasteiger partial charge is 0.410 e. The van der Waals surface area contributed by atoms with E-state index in [1.54, 1.807) is 0 Å². The van der Waals surface area contributed by atoms with Gasteiger partial charge >= 0.3 is 6.09 Å². The van der Waals surface area contributed by atoms with Crippen LogP contribution in [-0.4, -0.2) is 78.2 Å². The summed E-state index contributed by atoms with van der Waals surface area (Å²) in [5.41, 5.74) is -0.405. The predicted octanol–water partition coefficient (Wildman–Crippen LogP) is 1.63. The molecule has 0 aromatic rings. The van der Waals surface area contributed by atoms with E-state index in [0.29, 0.717) is 12.1 Å². The highest BCUT2D eigenvalue weighted by molar-refractivity contribution is 5.68. The maximum atomic E-state index is 12.1. The molecular weight excluding hydrogens is 254 g/mol. The number of ether oxygens (including phenoxy) is 1.